The zero-order valence-electron chi connectivity index (χ0n) is 17.4. The summed E-state index contributed by atoms with van der Waals surface area (Å²) in [6, 6.07) is 29.2. The monoisotopic (exact) mass is 472 g/mol. The summed E-state index contributed by atoms with van der Waals surface area (Å²) in [7, 11) is 0. The van der Waals surface area contributed by atoms with Crippen LogP contribution in [0.15, 0.2) is 84.9 Å². The minimum atomic E-state index is -0.804. The van der Waals surface area contributed by atoms with Crippen LogP contribution in [0, 0.1) is 6.92 Å². The van der Waals surface area contributed by atoms with E-state index in [1.165, 1.54) is 25.8 Å². The summed E-state index contributed by atoms with van der Waals surface area (Å²) in [6.07, 6.45) is 0.0298. The Bertz CT molecular complexity index is 1380. The van der Waals surface area contributed by atoms with Gasteiger partial charge in [-0.2, -0.15) is 0 Å². The van der Waals surface area contributed by atoms with Gasteiger partial charge in [0, 0.05) is 29.3 Å². The molecule has 0 bridgehead atoms. The van der Waals surface area contributed by atoms with Crippen LogP contribution in [0.4, 0.5) is 0 Å². The first-order valence-electron chi connectivity index (χ1n) is 10.2. The van der Waals surface area contributed by atoms with Gasteiger partial charge >= 0.3 is 5.97 Å². The SMILES string of the molecule is Cc1cc(-c2ccccc2)sc1-c1ccc(-c2sc(-c3ccccc3)cc2CC(=O)O)s1. The van der Waals surface area contributed by atoms with Crippen molar-refractivity contribution in [1.82, 2.24) is 0 Å². The van der Waals surface area contributed by atoms with Crippen LogP contribution >= 0.6 is 34.0 Å². The average Bonchev–Trinajstić information content (AvgIpc) is 3.53. The van der Waals surface area contributed by atoms with Crippen molar-refractivity contribution >= 4 is 40.0 Å². The number of rotatable bonds is 6. The lowest BCUT2D eigenvalue weighted by atomic mass is 10.1. The molecule has 0 spiro atoms. The van der Waals surface area contributed by atoms with Gasteiger partial charge in [-0.25, -0.2) is 0 Å². The molecule has 0 aliphatic rings. The molecule has 2 aromatic carbocycles. The molecule has 0 radical (unpaired) electrons. The summed E-state index contributed by atoms with van der Waals surface area (Å²) in [5, 5.41) is 9.46. The highest BCUT2D eigenvalue weighted by atomic mass is 32.1. The van der Waals surface area contributed by atoms with Gasteiger partial charge in [-0.05, 0) is 53.4 Å². The molecule has 0 atom stereocenters. The zero-order valence-corrected chi connectivity index (χ0v) is 19.8. The smallest absolute Gasteiger partial charge is 0.307 e. The van der Waals surface area contributed by atoms with Crippen LogP contribution in [-0.4, -0.2) is 11.1 Å². The Morgan fingerprint density at radius 1 is 0.688 bits per heavy atom. The third-order valence-electron chi connectivity index (χ3n) is 5.24. The fourth-order valence-corrected chi connectivity index (χ4v) is 7.42. The van der Waals surface area contributed by atoms with Gasteiger partial charge in [-0.1, -0.05) is 60.7 Å². The first-order chi connectivity index (χ1) is 15.6. The van der Waals surface area contributed by atoms with E-state index in [4.69, 9.17) is 0 Å². The van der Waals surface area contributed by atoms with E-state index in [9.17, 15) is 9.90 Å². The van der Waals surface area contributed by atoms with Crippen molar-refractivity contribution in [2.75, 3.05) is 0 Å². The summed E-state index contributed by atoms with van der Waals surface area (Å²) in [5.74, 6) is -0.804. The molecule has 3 heterocycles. The van der Waals surface area contributed by atoms with E-state index < -0.39 is 5.97 Å². The molecule has 0 aliphatic heterocycles. The molecule has 0 unspecified atom stereocenters. The van der Waals surface area contributed by atoms with Crippen LogP contribution in [0.25, 0.3) is 40.4 Å². The van der Waals surface area contributed by atoms with Crippen molar-refractivity contribution in [3.8, 4) is 40.4 Å². The van der Waals surface area contributed by atoms with E-state index >= 15 is 0 Å². The minimum absolute atomic E-state index is 0.0298. The second-order valence-corrected chi connectivity index (χ2v) is 10.7. The van der Waals surface area contributed by atoms with Gasteiger partial charge in [0.15, 0.2) is 0 Å². The number of benzene rings is 2. The lowest BCUT2D eigenvalue weighted by Gasteiger charge is -1.98. The number of hydrogen-bond acceptors (Lipinski definition) is 4. The Hall–Kier alpha value is -2.99. The number of thiophene rings is 3. The normalized spacial score (nSPS) is 11.0. The van der Waals surface area contributed by atoms with Gasteiger partial charge in [-0.15, -0.1) is 34.0 Å². The van der Waals surface area contributed by atoms with Crippen LogP contribution in [0.1, 0.15) is 11.1 Å². The molecule has 5 aromatic rings. The minimum Gasteiger partial charge on any atom is -0.481 e. The van der Waals surface area contributed by atoms with Crippen LogP contribution in [0.2, 0.25) is 0 Å². The maximum Gasteiger partial charge on any atom is 0.307 e. The number of carbonyl (C=O) groups is 1. The average molecular weight is 473 g/mol. The number of carboxylic acids is 1. The summed E-state index contributed by atoms with van der Waals surface area (Å²) in [5.41, 5.74) is 4.50. The van der Waals surface area contributed by atoms with Crippen LogP contribution in [0.5, 0.6) is 0 Å². The van der Waals surface area contributed by atoms with Crippen LogP contribution < -0.4 is 0 Å². The van der Waals surface area contributed by atoms with Crippen molar-refractivity contribution < 1.29 is 9.90 Å². The van der Waals surface area contributed by atoms with Gasteiger partial charge in [0.2, 0.25) is 0 Å². The van der Waals surface area contributed by atoms with Gasteiger partial charge in [0.05, 0.1) is 6.42 Å². The highest BCUT2D eigenvalue weighted by Crippen LogP contribution is 2.46. The molecule has 32 heavy (non-hydrogen) atoms. The van der Waals surface area contributed by atoms with E-state index in [1.54, 1.807) is 22.7 Å². The van der Waals surface area contributed by atoms with Gasteiger partial charge in [0.1, 0.15) is 0 Å². The summed E-state index contributed by atoms with van der Waals surface area (Å²) in [6.45, 7) is 2.16. The molecule has 3 aromatic heterocycles. The van der Waals surface area contributed by atoms with E-state index in [0.717, 1.165) is 25.8 Å². The fourth-order valence-electron chi connectivity index (χ4n) is 3.73. The Labute approximate surface area is 199 Å². The molecule has 0 fully saturated rings. The van der Waals surface area contributed by atoms with Crippen molar-refractivity contribution in [2.24, 2.45) is 0 Å². The Morgan fingerprint density at radius 2 is 1.22 bits per heavy atom. The third kappa shape index (κ3) is 4.19. The lowest BCUT2D eigenvalue weighted by molar-refractivity contribution is -0.136. The number of carboxylic acid groups (broad SMARTS) is 1. The highest BCUT2D eigenvalue weighted by Gasteiger charge is 2.18. The first kappa shape index (κ1) is 20.9. The maximum atomic E-state index is 11.5. The molecule has 0 amide bonds. The van der Waals surface area contributed by atoms with Gasteiger partial charge < -0.3 is 5.11 Å². The number of hydrogen-bond donors (Lipinski definition) is 1. The molecular weight excluding hydrogens is 452 g/mol. The van der Waals surface area contributed by atoms with Gasteiger partial charge in [-0.3, -0.25) is 4.79 Å². The highest BCUT2D eigenvalue weighted by molar-refractivity contribution is 7.28. The molecule has 0 aliphatic carbocycles. The Morgan fingerprint density at radius 3 is 1.81 bits per heavy atom. The van der Waals surface area contributed by atoms with Crippen molar-refractivity contribution in [3.05, 3.63) is 96.1 Å². The molecule has 0 saturated heterocycles. The fraction of sp³-hybridized carbons (Fsp3) is 0.0741. The molecule has 0 saturated carbocycles. The van der Waals surface area contributed by atoms with Crippen LogP contribution in [-0.2, 0) is 11.2 Å². The van der Waals surface area contributed by atoms with E-state index in [-0.39, 0.29) is 6.42 Å². The summed E-state index contributed by atoms with van der Waals surface area (Å²) < 4.78 is 0. The molecule has 5 rings (SSSR count). The molecule has 2 nitrogen and oxygen atoms in total. The standard InChI is InChI=1S/C27H20O2S3/c1-17-14-23(18-8-4-2-5-9-18)31-26(17)21-12-13-22(30-21)27-20(16-25(28)29)15-24(32-27)19-10-6-3-7-11-19/h2-15H,16H2,1H3,(H,28,29). The van der Waals surface area contributed by atoms with Gasteiger partial charge in [0.25, 0.3) is 0 Å². The molecule has 5 heteroatoms. The van der Waals surface area contributed by atoms with Crippen LogP contribution in [0.3, 0.4) is 0 Å². The van der Waals surface area contributed by atoms with E-state index in [0.29, 0.717) is 0 Å². The van der Waals surface area contributed by atoms with Crippen molar-refractivity contribution in [1.29, 1.82) is 0 Å². The first-order valence-corrected chi connectivity index (χ1v) is 12.7. The lowest BCUT2D eigenvalue weighted by Crippen LogP contribution is -1.99. The number of aliphatic carboxylic acids is 1. The maximum absolute atomic E-state index is 11.5. The zero-order chi connectivity index (χ0) is 22.1. The predicted molar refractivity (Wildman–Crippen MR) is 138 cm³/mol. The second kappa shape index (κ2) is 8.87. The van der Waals surface area contributed by atoms with E-state index in [1.807, 2.05) is 41.7 Å². The Balaban J connectivity index is 1.53. The molecule has 158 valence electrons. The third-order valence-corrected chi connectivity index (χ3v) is 9.20. The quantitative estimate of drug-likeness (QED) is 0.269. The van der Waals surface area contributed by atoms with E-state index in [2.05, 4.69) is 61.5 Å². The summed E-state index contributed by atoms with van der Waals surface area (Å²) in [4.78, 5) is 18.6. The van der Waals surface area contributed by atoms with Crippen molar-refractivity contribution in [2.45, 2.75) is 13.3 Å². The Kier molecular flexibility index (Phi) is 5.79. The number of aryl methyl sites for hydroxylation is 1. The predicted octanol–water partition coefficient (Wildman–Crippen LogP) is 8.47. The largest absolute Gasteiger partial charge is 0.481 e. The topological polar surface area (TPSA) is 37.3 Å². The summed E-state index contributed by atoms with van der Waals surface area (Å²) >= 11 is 5.22. The molecule has 1 N–H and O–H groups in total. The second-order valence-electron chi connectivity index (χ2n) is 7.55. The molecular formula is C27H20O2S3. The van der Waals surface area contributed by atoms with Crippen molar-refractivity contribution in [3.63, 3.8) is 0 Å².